The van der Waals surface area contributed by atoms with Crippen LogP contribution in [0.3, 0.4) is 0 Å². The van der Waals surface area contributed by atoms with E-state index in [1.54, 1.807) is 26.3 Å². The van der Waals surface area contributed by atoms with Crippen LogP contribution in [0.4, 0.5) is 0 Å². The Bertz CT molecular complexity index is 990. The molecule has 158 valence electrons. The highest BCUT2D eigenvalue weighted by molar-refractivity contribution is 6.02. The van der Waals surface area contributed by atoms with Gasteiger partial charge in [0.1, 0.15) is 17.6 Å². The predicted molar refractivity (Wildman–Crippen MR) is 111 cm³/mol. The van der Waals surface area contributed by atoms with Crippen LogP contribution in [0, 0.1) is 5.92 Å². The van der Waals surface area contributed by atoms with Gasteiger partial charge in [-0.2, -0.15) is 0 Å². The summed E-state index contributed by atoms with van der Waals surface area (Å²) in [6, 6.07) is 11.1. The zero-order chi connectivity index (χ0) is 21.4. The van der Waals surface area contributed by atoms with Gasteiger partial charge in [-0.25, -0.2) is 0 Å². The molecule has 1 heterocycles. The quantitative estimate of drug-likeness (QED) is 0.678. The van der Waals surface area contributed by atoms with Crippen LogP contribution < -0.4 is 20.1 Å². The number of aliphatic hydroxyl groups excluding tert-OH is 1. The first-order chi connectivity index (χ1) is 14.5. The Morgan fingerprint density at radius 1 is 1.23 bits per heavy atom. The topological polar surface area (TPSA) is 96.9 Å². The molecule has 3 N–H and O–H groups in total. The molecule has 0 aromatic heterocycles. The van der Waals surface area contributed by atoms with Crippen molar-refractivity contribution in [1.29, 1.82) is 0 Å². The first kappa shape index (κ1) is 20.2. The second-order valence-electron chi connectivity index (χ2n) is 7.86. The van der Waals surface area contributed by atoms with Crippen LogP contribution in [-0.4, -0.2) is 49.8 Å². The normalized spacial score (nSPS) is 23.9. The van der Waals surface area contributed by atoms with Gasteiger partial charge in [-0.3, -0.25) is 9.59 Å². The van der Waals surface area contributed by atoms with E-state index in [2.05, 4.69) is 10.6 Å². The Morgan fingerprint density at radius 2 is 2.03 bits per heavy atom. The molecule has 30 heavy (non-hydrogen) atoms. The van der Waals surface area contributed by atoms with Crippen molar-refractivity contribution in [3.8, 4) is 11.5 Å². The summed E-state index contributed by atoms with van der Waals surface area (Å²) in [6.07, 6.45) is 0.554. The Morgan fingerprint density at radius 3 is 2.70 bits per heavy atom. The summed E-state index contributed by atoms with van der Waals surface area (Å²) < 4.78 is 11.5. The smallest absolute Gasteiger partial charge is 0.254 e. The lowest BCUT2D eigenvalue weighted by Gasteiger charge is -2.16. The van der Waals surface area contributed by atoms with Crippen LogP contribution in [0.2, 0.25) is 0 Å². The third-order valence-electron chi connectivity index (χ3n) is 5.89. The van der Waals surface area contributed by atoms with E-state index in [0.717, 1.165) is 23.3 Å². The summed E-state index contributed by atoms with van der Waals surface area (Å²) in [4.78, 5) is 25.4. The van der Waals surface area contributed by atoms with E-state index < -0.39 is 0 Å². The van der Waals surface area contributed by atoms with Gasteiger partial charge < -0.3 is 25.2 Å². The van der Waals surface area contributed by atoms with Crippen LogP contribution in [-0.2, 0) is 0 Å². The maximum atomic E-state index is 12.9. The maximum absolute atomic E-state index is 12.9. The summed E-state index contributed by atoms with van der Waals surface area (Å²) in [5, 5.41) is 14.8. The van der Waals surface area contributed by atoms with Crippen molar-refractivity contribution in [1.82, 2.24) is 10.6 Å². The molecule has 4 rings (SSSR count). The van der Waals surface area contributed by atoms with Crippen molar-refractivity contribution < 1.29 is 24.2 Å². The molecule has 0 radical (unpaired) electrons. The third-order valence-corrected chi connectivity index (χ3v) is 5.89. The van der Waals surface area contributed by atoms with Crippen molar-refractivity contribution >= 4 is 11.8 Å². The van der Waals surface area contributed by atoms with E-state index in [4.69, 9.17) is 9.47 Å². The van der Waals surface area contributed by atoms with Gasteiger partial charge in [0.05, 0.1) is 12.7 Å². The minimum atomic E-state index is -0.306. The average molecular weight is 410 g/mol. The second-order valence-corrected chi connectivity index (χ2v) is 7.86. The third kappa shape index (κ3) is 3.61. The number of aliphatic hydroxyl groups is 1. The number of carbonyl (C=O) groups excluding carboxylic acids is 2. The maximum Gasteiger partial charge on any atom is 0.254 e. The average Bonchev–Trinajstić information content (AvgIpc) is 3.43. The first-order valence-electron chi connectivity index (χ1n) is 10.1. The molecule has 1 saturated carbocycles. The Balaban J connectivity index is 1.76. The van der Waals surface area contributed by atoms with Crippen molar-refractivity contribution in [3.63, 3.8) is 0 Å². The lowest BCUT2D eigenvalue weighted by molar-refractivity contribution is 0.0947. The standard InChI is InChI=1S/C23H26N2O5/c1-12-20(13-5-4-6-16(7-13)29-3)17-8-14(22(27)25-19-10-15(19)11-26)9-18(21(17)30-12)23(28)24-2/h4-9,12,15,19-20,26H,10-11H2,1-3H3,(H,24,28)(H,25,27)/t12-,15-,19-,20+/m1/s1. The molecule has 2 aromatic carbocycles. The Labute approximate surface area is 175 Å². The zero-order valence-electron chi connectivity index (χ0n) is 17.3. The van der Waals surface area contributed by atoms with Crippen LogP contribution >= 0.6 is 0 Å². The van der Waals surface area contributed by atoms with Gasteiger partial charge in [0.15, 0.2) is 0 Å². The van der Waals surface area contributed by atoms with E-state index >= 15 is 0 Å². The highest BCUT2D eigenvalue weighted by Gasteiger charge is 2.39. The van der Waals surface area contributed by atoms with E-state index in [9.17, 15) is 14.7 Å². The minimum Gasteiger partial charge on any atom is -0.497 e. The lowest BCUT2D eigenvalue weighted by atomic mass is 9.86. The summed E-state index contributed by atoms with van der Waals surface area (Å²) >= 11 is 0. The molecule has 4 atom stereocenters. The van der Waals surface area contributed by atoms with Crippen LogP contribution in [0.15, 0.2) is 36.4 Å². The SMILES string of the molecule is CNC(=O)c1cc(C(=O)N[C@@H]2C[C@@H]2CO)cc2c1O[C@H](C)[C@H]2c1cccc(OC)c1. The minimum absolute atomic E-state index is 0.0245. The number of carbonyl (C=O) groups is 2. The molecule has 2 aliphatic rings. The summed E-state index contributed by atoms with van der Waals surface area (Å²) in [7, 11) is 3.17. The molecule has 2 amide bonds. The van der Waals surface area contributed by atoms with Crippen molar-refractivity contribution in [2.75, 3.05) is 20.8 Å². The molecule has 1 aliphatic heterocycles. The van der Waals surface area contributed by atoms with Gasteiger partial charge in [-0.05, 0) is 43.2 Å². The van der Waals surface area contributed by atoms with Gasteiger partial charge in [-0.15, -0.1) is 0 Å². The fourth-order valence-corrected chi connectivity index (χ4v) is 4.12. The van der Waals surface area contributed by atoms with Gasteiger partial charge in [0, 0.05) is 42.7 Å². The Hall–Kier alpha value is -3.06. The summed E-state index contributed by atoms with van der Waals surface area (Å²) in [5.41, 5.74) is 2.54. The van der Waals surface area contributed by atoms with E-state index in [1.165, 1.54) is 0 Å². The van der Waals surface area contributed by atoms with Crippen LogP contribution in [0.25, 0.3) is 0 Å². The first-order valence-corrected chi connectivity index (χ1v) is 10.1. The highest BCUT2D eigenvalue weighted by atomic mass is 16.5. The fourth-order valence-electron chi connectivity index (χ4n) is 4.12. The molecule has 1 fully saturated rings. The number of nitrogens with one attached hydrogen (secondary N) is 2. The largest absolute Gasteiger partial charge is 0.497 e. The van der Waals surface area contributed by atoms with Gasteiger partial charge in [0.2, 0.25) is 0 Å². The second kappa shape index (κ2) is 7.99. The van der Waals surface area contributed by atoms with Gasteiger partial charge >= 0.3 is 0 Å². The van der Waals surface area contributed by atoms with Gasteiger partial charge in [-0.1, -0.05) is 12.1 Å². The number of benzene rings is 2. The molecule has 7 nitrogen and oxygen atoms in total. The highest BCUT2D eigenvalue weighted by Crippen LogP contribution is 2.45. The summed E-state index contributed by atoms with van der Waals surface area (Å²) in [6.45, 7) is 2.01. The van der Waals surface area contributed by atoms with Crippen LogP contribution in [0.5, 0.6) is 11.5 Å². The fraction of sp³-hybridized carbons (Fsp3) is 0.391. The number of methoxy groups -OCH3 is 1. The lowest BCUT2D eigenvalue weighted by Crippen LogP contribution is -2.28. The van der Waals surface area contributed by atoms with E-state index in [0.29, 0.717) is 16.9 Å². The van der Waals surface area contributed by atoms with E-state index in [-0.39, 0.29) is 42.4 Å². The van der Waals surface area contributed by atoms with E-state index in [1.807, 2.05) is 31.2 Å². The Kier molecular flexibility index (Phi) is 5.39. The monoisotopic (exact) mass is 410 g/mol. The molecular formula is C23H26N2O5. The van der Waals surface area contributed by atoms with Crippen molar-refractivity contribution in [2.45, 2.75) is 31.4 Å². The number of amides is 2. The van der Waals surface area contributed by atoms with Gasteiger partial charge in [0.25, 0.3) is 11.8 Å². The van der Waals surface area contributed by atoms with Crippen LogP contribution in [0.1, 0.15) is 51.1 Å². The predicted octanol–water partition coefficient (Wildman–Crippen LogP) is 2.08. The van der Waals surface area contributed by atoms with Crippen molar-refractivity contribution in [2.24, 2.45) is 5.92 Å². The molecule has 0 saturated heterocycles. The number of hydrogen-bond donors (Lipinski definition) is 3. The number of hydrogen-bond acceptors (Lipinski definition) is 5. The van der Waals surface area contributed by atoms with Crippen molar-refractivity contribution in [3.05, 3.63) is 58.7 Å². The summed E-state index contributed by atoms with van der Waals surface area (Å²) in [5.74, 6) is 0.641. The number of fused-ring (bicyclic) bond motifs is 1. The number of rotatable bonds is 6. The molecular weight excluding hydrogens is 384 g/mol. The molecule has 1 aliphatic carbocycles. The molecule has 2 aromatic rings. The molecule has 0 unspecified atom stereocenters. The molecule has 0 bridgehead atoms. The molecule has 0 spiro atoms. The molecule has 7 heteroatoms. The zero-order valence-corrected chi connectivity index (χ0v) is 17.3. The number of ether oxygens (including phenoxy) is 2.